The number of hydrazone groups is 1. The monoisotopic (exact) mass is 313 g/mol. The van der Waals surface area contributed by atoms with E-state index in [4.69, 9.17) is 4.74 Å². The Bertz CT molecular complexity index is 763. The summed E-state index contributed by atoms with van der Waals surface area (Å²) in [7, 11) is 0. The highest BCUT2D eigenvalue weighted by Gasteiger charge is 2.24. The van der Waals surface area contributed by atoms with Crippen molar-refractivity contribution in [1.29, 1.82) is 0 Å². The van der Waals surface area contributed by atoms with Crippen molar-refractivity contribution in [3.8, 4) is 11.3 Å². The maximum atomic E-state index is 11.6. The fourth-order valence-electron chi connectivity index (χ4n) is 2.20. The van der Waals surface area contributed by atoms with Gasteiger partial charge >= 0.3 is 5.97 Å². The Balaban J connectivity index is 1.75. The average Bonchev–Trinajstić information content (AvgIpc) is 3.13. The molecule has 1 aromatic carbocycles. The zero-order valence-corrected chi connectivity index (χ0v) is 13.1. The summed E-state index contributed by atoms with van der Waals surface area (Å²) >= 11 is 1.47. The van der Waals surface area contributed by atoms with Gasteiger partial charge in [0.1, 0.15) is 6.61 Å². The van der Waals surface area contributed by atoms with E-state index in [1.807, 2.05) is 42.6 Å². The number of thiazole rings is 1. The first-order valence-electron chi connectivity index (χ1n) is 6.83. The quantitative estimate of drug-likeness (QED) is 0.533. The van der Waals surface area contributed by atoms with Gasteiger partial charge in [-0.05, 0) is 19.4 Å². The van der Waals surface area contributed by atoms with Crippen LogP contribution in [0.1, 0.15) is 13.8 Å². The molecule has 5 nitrogen and oxygen atoms in total. The summed E-state index contributed by atoms with van der Waals surface area (Å²) in [6, 6.07) is 9.95. The highest BCUT2D eigenvalue weighted by Crippen LogP contribution is 2.25. The van der Waals surface area contributed by atoms with Crippen LogP contribution in [0.15, 0.2) is 52.0 Å². The van der Waals surface area contributed by atoms with E-state index in [0.29, 0.717) is 23.0 Å². The predicted octanol–water partition coefficient (Wildman–Crippen LogP) is 3.47. The summed E-state index contributed by atoms with van der Waals surface area (Å²) in [5, 5.41) is 6.89. The molecule has 0 bridgehead atoms. The number of hydrogen-bond acceptors (Lipinski definition) is 6. The molecule has 0 radical (unpaired) electrons. The van der Waals surface area contributed by atoms with Crippen molar-refractivity contribution in [2.24, 2.45) is 5.10 Å². The van der Waals surface area contributed by atoms with Gasteiger partial charge in [-0.3, -0.25) is 5.43 Å². The van der Waals surface area contributed by atoms with Crippen molar-refractivity contribution < 1.29 is 9.53 Å². The van der Waals surface area contributed by atoms with Gasteiger partial charge in [-0.2, -0.15) is 5.10 Å². The SMILES string of the molecule is CC(=NNc1nc(-c2ccccc2)cs1)C1=C(C)COC1=O. The first-order chi connectivity index (χ1) is 10.6. The number of rotatable bonds is 4. The Morgan fingerprint density at radius 1 is 1.36 bits per heavy atom. The number of aromatic nitrogens is 1. The van der Waals surface area contributed by atoms with Crippen LogP contribution in [0, 0.1) is 0 Å². The molecular weight excluding hydrogens is 298 g/mol. The molecule has 6 heteroatoms. The van der Waals surface area contributed by atoms with Crippen LogP contribution in [0.3, 0.4) is 0 Å². The van der Waals surface area contributed by atoms with E-state index in [0.717, 1.165) is 16.8 Å². The van der Waals surface area contributed by atoms with Crippen molar-refractivity contribution in [3.05, 3.63) is 46.9 Å². The molecule has 2 heterocycles. The summed E-state index contributed by atoms with van der Waals surface area (Å²) < 4.78 is 4.98. The molecule has 0 saturated carbocycles. The molecule has 0 aliphatic carbocycles. The lowest BCUT2D eigenvalue weighted by Crippen LogP contribution is -2.09. The molecule has 2 aromatic rings. The first-order valence-corrected chi connectivity index (χ1v) is 7.71. The third-order valence-electron chi connectivity index (χ3n) is 3.31. The molecule has 0 amide bonds. The molecule has 0 spiro atoms. The third-order valence-corrected chi connectivity index (χ3v) is 4.05. The van der Waals surface area contributed by atoms with Crippen LogP contribution in [-0.2, 0) is 9.53 Å². The molecule has 0 unspecified atom stereocenters. The smallest absolute Gasteiger partial charge is 0.340 e. The lowest BCUT2D eigenvalue weighted by molar-refractivity contribution is -0.135. The van der Waals surface area contributed by atoms with E-state index in [-0.39, 0.29) is 5.97 Å². The Morgan fingerprint density at radius 2 is 2.14 bits per heavy atom. The number of anilines is 1. The van der Waals surface area contributed by atoms with Crippen LogP contribution in [0.5, 0.6) is 0 Å². The summed E-state index contributed by atoms with van der Waals surface area (Å²) in [4.78, 5) is 16.1. The second-order valence-corrected chi connectivity index (χ2v) is 5.80. The lowest BCUT2D eigenvalue weighted by Gasteiger charge is -2.00. The minimum absolute atomic E-state index is 0.315. The maximum Gasteiger partial charge on any atom is 0.340 e. The van der Waals surface area contributed by atoms with Crippen LogP contribution in [-0.4, -0.2) is 23.3 Å². The number of cyclic esters (lactones) is 1. The molecule has 112 valence electrons. The fourth-order valence-corrected chi connectivity index (χ4v) is 2.86. The third kappa shape index (κ3) is 2.92. The zero-order chi connectivity index (χ0) is 15.5. The minimum Gasteiger partial charge on any atom is -0.457 e. The number of nitrogens with one attached hydrogen (secondary N) is 1. The molecule has 1 aliphatic rings. The maximum absolute atomic E-state index is 11.6. The fraction of sp³-hybridized carbons (Fsp3) is 0.188. The van der Waals surface area contributed by atoms with Crippen molar-refractivity contribution >= 4 is 28.1 Å². The number of ether oxygens (including phenoxy) is 1. The van der Waals surface area contributed by atoms with Crippen LogP contribution in [0.4, 0.5) is 5.13 Å². The van der Waals surface area contributed by atoms with E-state index >= 15 is 0 Å². The Morgan fingerprint density at radius 3 is 2.82 bits per heavy atom. The summed E-state index contributed by atoms with van der Waals surface area (Å²) in [6.07, 6.45) is 0. The van der Waals surface area contributed by atoms with E-state index in [1.54, 1.807) is 6.92 Å². The molecule has 3 rings (SSSR count). The molecule has 0 atom stereocenters. The normalized spacial score (nSPS) is 15.2. The number of carbonyl (C=O) groups is 1. The lowest BCUT2D eigenvalue weighted by atomic mass is 10.1. The number of hydrogen-bond donors (Lipinski definition) is 1. The topological polar surface area (TPSA) is 63.6 Å². The Kier molecular flexibility index (Phi) is 4.02. The number of carbonyl (C=O) groups excluding carboxylic acids is 1. The van der Waals surface area contributed by atoms with Gasteiger partial charge in [-0.15, -0.1) is 11.3 Å². The number of esters is 1. The summed E-state index contributed by atoms with van der Waals surface area (Å²) in [6.45, 7) is 4.00. The van der Waals surface area contributed by atoms with Gasteiger partial charge in [-0.25, -0.2) is 9.78 Å². The molecule has 1 aliphatic heterocycles. The first kappa shape index (κ1) is 14.5. The molecular formula is C16H15N3O2S. The number of benzene rings is 1. The van der Waals surface area contributed by atoms with E-state index in [2.05, 4.69) is 15.5 Å². The van der Waals surface area contributed by atoms with E-state index in [9.17, 15) is 4.79 Å². The average molecular weight is 313 g/mol. The van der Waals surface area contributed by atoms with Gasteiger partial charge in [0.25, 0.3) is 0 Å². The van der Waals surface area contributed by atoms with Gasteiger partial charge in [0.15, 0.2) is 0 Å². The summed E-state index contributed by atoms with van der Waals surface area (Å²) in [5.74, 6) is -0.315. The molecule has 0 saturated heterocycles. The highest BCUT2D eigenvalue weighted by molar-refractivity contribution is 7.14. The Hall–Kier alpha value is -2.47. The molecule has 1 N–H and O–H groups in total. The van der Waals surface area contributed by atoms with Gasteiger partial charge in [-0.1, -0.05) is 30.3 Å². The van der Waals surface area contributed by atoms with Crippen molar-refractivity contribution in [2.75, 3.05) is 12.0 Å². The minimum atomic E-state index is -0.315. The van der Waals surface area contributed by atoms with Gasteiger partial charge in [0, 0.05) is 10.9 Å². The van der Waals surface area contributed by atoms with Crippen LogP contribution in [0.2, 0.25) is 0 Å². The van der Waals surface area contributed by atoms with Gasteiger partial charge < -0.3 is 4.74 Å². The standard InChI is InChI=1S/C16H15N3O2S/c1-10-8-21-15(20)14(10)11(2)18-19-16-17-13(9-22-16)12-6-4-3-5-7-12/h3-7,9H,8H2,1-2H3,(H,17,19). The predicted molar refractivity (Wildman–Crippen MR) is 87.9 cm³/mol. The van der Waals surface area contributed by atoms with Crippen LogP contribution in [0.25, 0.3) is 11.3 Å². The number of nitrogens with zero attached hydrogens (tertiary/aromatic N) is 2. The van der Waals surface area contributed by atoms with Crippen molar-refractivity contribution in [1.82, 2.24) is 4.98 Å². The van der Waals surface area contributed by atoms with E-state index in [1.165, 1.54) is 11.3 Å². The highest BCUT2D eigenvalue weighted by atomic mass is 32.1. The summed E-state index contributed by atoms with van der Waals surface area (Å²) in [5.41, 5.74) is 6.92. The molecule has 22 heavy (non-hydrogen) atoms. The van der Waals surface area contributed by atoms with Crippen molar-refractivity contribution in [2.45, 2.75) is 13.8 Å². The molecule has 1 aromatic heterocycles. The zero-order valence-electron chi connectivity index (χ0n) is 12.3. The van der Waals surface area contributed by atoms with Crippen LogP contribution < -0.4 is 5.43 Å². The Labute approximate surface area is 132 Å². The largest absolute Gasteiger partial charge is 0.457 e. The van der Waals surface area contributed by atoms with Crippen molar-refractivity contribution in [3.63, 3.8) is 0 Å². The molecule has 0 fully saturated rings. The second-order valence-electron chi connectivity index (χ2n) is 4.94. The van der Waals surface area contributed by atoms with E-state index < -0.39 is 0 Å². The van der Waals surface area contributed by atoms with Gasteiger partial charge in [0.2, 0.25) is 5.13 Å². The second kappa shape index (κ2) is 6.11. The van der Waals surface area contributed by atoms with Crippen LogP contribution >= 0.6 is 11.3 Å². The van der Waals surface area contributed by atoms with Gasteiger partial charge in [0.05, 0.1) is 17.0 Å².